The monoisotopic (exact) mass is 322 g/mol. The van der Waals surface area contributed by atoms with Crippen molar-refractivity contribution in [3.63, 3.8) is 0 Å². The summed E-state index contributed by atoms with van der Waals surface area (Å²) < 4.78 is 25.3. The predicted molar refractivity (Wildman–Crippen MR) is 73.9 cm³/mol. The molecule has 0 aliphatic carbocycles. The first-order valence-electron chi connectivity index (χ1n) is 5.22. The summed E-state index contributed by atoms with van der Waals surface area (Å²) in [5.41, 5.74) is -0.414. The average molecular weight is 323 g/mol. The number of hydrogen-bond donors (Lipinski definition) is 0. The molecule has 0 spiro atoms. The van der Waals surface area contributed by atoms with Crippen molar-refractivity contribution < 1.29 is 13.3 Å². The van der Waals surface area contributed by atoms with Crippen LogP contribution in [0.2, 0.25) is 4.34 Å². The lowest BCUT2D eigenvalue weighted by Crippen LogP contribution is -2.31. The molecule has 0 amide bonds. The summed E-state index contributed by atoms with van der Waals surface area (Å²) in [4.78, 5) is 9.95. The lowest BCUT2D eigenvalue weighted by molar-refractivity contribution is -0.384. The van der Waals surface area contributed by atoms with Gasteiger partial charge >= 0.3 is 0 Å². The van der Waals surface area contributed by atoms with Crippen molar-refractivity contribution in [1.29, 1.82) is 0 Å². The summed E-state index contributed by atoms with van der Waals surface area (Å²) in [7, 11) is -3.84. The average Bonchev–Trinajstić information content (AvgIpc) is 2.72. The highest BCUT2D eigenvalue weighted by Gasteiger charge is 2.29. The normalized spacial score (nSPS) is 11.5. The summed E-state index contributed by atoms with van der Waals surface area (Å²) in [5.74, 6) is 2.26. The number of rotatable bonds is 6. The van der Waals surface area contributed by atoms with Crippen molar-refractivity contribution >= 4 is 38.6 Å². The molecule has 1 aromatic rings. The predicted octanol–water partition coefficient (Wildman–Crippen LogP) is 2.34. The highest BCUT2D eigenvalue weighted by molar-refractivity contribution is 7.91. The van der Waals surface area contributed by atoms with Gasteiger partial charge in [0.25, 0.3) is 15.7 Å². The van der Waals surface area contributed by atoms with Gasteiger partial charge in [-0.15, -0.1) is 17.8 Å². The molecule has 1 heterocycles. The number of thiophene rings is 1. The maximum atomic E-state index is 12.3. The zero-order chi connectivity index (χ0) is 14.6. The number of hydrogen-bond acceptors (Lipinski definition) is 5. The van der Waals surface area contributed by atoms with E-state index < -0.39 is 20.6 Å². The second-order valence-corrected chi connectivity index (χ2v) is 7.34. The van der Waals surface area contributed by atoms with E-state index in [9.17, 15) is 18.5 Å². The number of halogens is 1. The van der Waals surface area contributed by atoms with Crippen molar-refractivity contribution in [2.24, 2.45) is 0 Å². The first-order chi connectivity index (χ1) is 8.84. The van der Waals surface area contributed by atoms with Crippen LogP contribution in [0.1, 0.15) is 13.3 Å². The lowest BCUT2D eigenvalue weighted by Gasteiger charge is -2.17. The van der Waals surface area contributed by atoms with Crippen molar-refractivity contribution in [3.8, 4) is 12.3 Å². The standard InChI is InChI=1S/C10H11ClN2O4S2/c1-3-5-12(6-4-2)19(16,17)9-7-8(13(14)15)10(11)18-9/h1,7H,4-6H2,2H3. The third kappa shape index (κ3) is 3.45. The molecule has 0 atom stereocenters. The zero-order valence-electron chi connectivity index (χ0n) is 10.00. The van der Waals surface area contributed by atoms with Crippen LogP contribution in [0.3, 0.4) is 0 Å². The minimum Gasteiger partial charge on any atom is -0.258 e. The Morgan fingerprint density at radius 3 is 2.68 bits per heavy atom. The van der Waals surface area contributed by atoms with Gasteiger partial charge in [0.2, 0.25) is 0 Å². The molecule has 0 fully saturated rings. The Bertz CT molecular complexity index is 618. The van der Waals surface area contributed by atoms with Crippen LogP contribution >= 0.6 is 22.9 Å². The van der Waals surface area contributed by atoms with Gasteiger partial charge < -0.3 is 0 Å². The molecule has 0 unspecified atom stereocenters. The Kier molecular flexibility index (Phi) is 5.31. The topological polar surface area (TPSA) is 80.5 Å². The molecule has 19 heavy (non-hydrogen) atoms. The van der Waals surface area contributed by atoms with Gasteiger partial charge in [-0.05, 0) is 6.42 Å². The van der Waals surface area contributed by atoms with E-state index in [2.05, 4.69) is 5.92 Å². The molecule has 0 aromatic carbocycles. The van der Waals surface area contributed by atoms with E-state index in [1.54, 1.807) is 0 Å². The summed E-state index contributed by atoms with van der Waals surface area (Å²) in [6, 6.07) is 0.960. The Labute approximate surface area is 120 Å². The molecule has 9 heteroatoms. The van der Waals surface area contributed by atoms with Crippen LogP contribution < -0.4 is 0 Å². The van der Waals surface area contributed by atoms with E-state index in [1.807, 2.05) is 6.92 Å². The first-order valence-corrected chi connectivity index (χ1v) is 7.85. The number of sulfonamides is 1. The molecule has 0 aliphatic heterocycles. The van der Waals surface area contributed by atoms with Gasteiger partial charge in [-0.25, -0.2) is 8.42 Å². The zero-order valence-corrected chi connectivity index (χ0v) is 12.4. The summed E-state index contributed by atoms with van der Waals surface area (Å²) in [6.07, 6.45) is 5.72. The smallest absolute Gasteiger partial charge is 0.258 e. The SMILES string of the molecule is C#CCN(CCC)S(=O)(=O)c1cc([N+](=O)[O-])c(Cl)s1. The van der Waals surface area contributed by atoms with Crippen LogP contribution in [0.15, 0.2) is 10.3 Å². The Hall–Kier alpha value is -1.14. The van der Waals surface area contributed by atoms with E-state index in [-0.39, 0.29) is 21.6 Å². The molecular weight excluding hydrogens is 312 g/mol. The molecular formula is C10H11ClN2O4S2. The second kappa shape index (κ2) is 6.34. The molecule has 0 aliphatic rings. The highest BCUT2D eigenvalue weighted by Crippen LogP contribution is 2.37. The Morgan fingerprint density at radius 1 is 1.63 bits per heavy atom. The van der Waals surface area contributed by atoms with Gasteiger partial charge in [-0.3, -0.25) is 10.1 Å². The fourth-order valence-electron chi connectivity index (χ4n) is 1.35. The fraction of sp³-hybridized carbons (Fsp3) is 0.400. The Morgan fingerprint density at radius 2 is 2.26 bits per heavy atom. The minimum atomic E-state index is -3.84. The van der Waals surface area contributed by atoms with Crippen molar-refractivity contribution in [2.45, 2.75) is 17.6 Å². The molecule has 0 bridgehead atoms. The molecule has 0 N–H and O–H groups in total. The number of nitro groups is 1. The molecule has 104 valence electrons. The highest BCUT2D eigenvalue weighted by atomic mass is 35.5. The molecule has 1 rings (SSSR count). The number of terminal acetylenes is 1. The fourth-order valence-corrected chi connectivity index (χ4v) is 4.62. The van der Waals surface area contributed by atoms with Gasteiger partial charge in [0, 0.05) is 12.6 Å². The van der Waals surface area contributed by atoms with E-state index in [0.717, 1.165) is 10.4 Å². The summed E-state index contributed by atoms with van der Waals surface area (Å²) in [5, 5.41) is 10.7. The van der Waals surface area contributed by atoms with Crippen molar-refractivity contribution in [3.05, 3.63) is 20.5 Å². The molecule has 0 saturated heterocycles. The Balaban J connectivity index is 3.22. The van der Waals surface area contributed by atoms with Crippen LogP contribution in [0.5, 0.6) is 0 Å². The molecule has 1 aromatic heterocycles. The summed E-state index contributed by atoms with van der Waals surface area (Å²) >= 11 is 6.31. The van der Waals surface area contributed by atoms with Crippen LogP contribution in [-0.4, -0.2) is 30.7 Å². The van der Waals surface area contributed by atoms with Crippen LogP contribution in [0.4, 0.5) is 5.69 Å². The van der Waals surface area contributed by atoms with Gasteiger partial charge in [0.15, 0.2) is 4.34 Å². The maximum absolute atomic E-state index is 12.3. The lowest BCUT2D eigenvalue weighted by atomic mass is 10.5. The maximum Gasteiger partial charge on any atom is 0.300 e. The third-order valence-electron chi connectivity index (χ3n) is 2.18. The first kappa shape index (κ1) is 15.9. The van der Waals surface area contributed by atoms with E-state index in [0.29, 0.717) is 17.8 Å². The van der Waals surface area contributed by atoms with Gasteiger partial charge in [-0.1, -0.05) is 24.4 Å². The minimum absolute atomic E-state index is 0.0838. The molecule has 0 saturated carbocycles. The van der Waals surface area contributed by atoms with E-state index in [4.69, 9.17) is 18.0 Å². The quantitative estimate of drug-likeness (QED) is 0.457. The van der Waals surface area contributed by atoms with Gasteiger partial charge in [0.1, 0.15) is 4.21 Å². The van der Waals surface area contributed by atoms with E-state index in [1.165, 1.54) is 0 Å². The van der Waals surface area contributed by atoms with Crippen LogP contribution in [-0.2, 0) is 10.0 Å². The van der Waals surface area contributed by atoms with Crippen LogP contribution in [0.25, 0.3) is 0 Å². The third-order valence-corrected chi connectivity index (χ3v) is 5.81. The van der Waals surface area contributed by atoms with E-state index >= 15 is 0 Å². The molecule has 6 nitrogen and oxygen atoms in total. The summed E-state index contributed by atoms with van der Waals surface area (Å²) in [6.45, 7) is 1.97. The van der Waals surface area contributed by atoms with Crippen molar-refractivity contribution in [2.75, 3.05) is 13.1 Å². The molecule has 0 radical (unpaired) electrons. The van der Waals surface area contributed by atoms with Gasteiger partial charge in [0.05, 0.1) is 11.5 Å². The van der Waals surface area contributed by atoms with Crippen molar-refractivity contribution in [1.82, 2.24) is 4.31 Å². The van der Waals surface area contributed by atoms with Gasteiger partial charge in [-0.2, -0.15) is 4.31 Å². The van der Waals surface area contributed by atoms with Crippen LogP contribution in [0, 0.1) is 22.5 Å². The second-order valence-electron chi connectivity index (χ2n) is 3.52. The largest absolute Gasteiger partial charge is 0.300 e. The number of nitrogens with zero attached hydrogens (tertiary/aromatic N) is 2.